The highest BCUT2D eigenvalue weighted by Gasteiger charge is 2.23. The third kappa shape index (κ3) is 3.77. The third-order valence-electron chi connectivity index (χ3n) is 5.23. The maximum atomic E-state index is 10.7. The fourth-order valence-electron chi connectivity index (χ4n) is 3.87. The molecule has 4 heteroatoms. The molecule has 24 heavy (non-hydrogen) atoms. The first-order valence-electron chi connectivity index (χ1n) is 9.24. The van der Waals surface area contributed by atoms with Crippen LogP contribution in [0.25, 0.3) is 10.9 Å². The van der Waals surface area contributed by atoms with Gasteiger partial charge in [0.25, 0.3) is 6.08 Å². The first-order chi connectivity index (χ1) is 11.8. The van der Waals surface area contributed by atoms with E-state index < -0.39 is 0 Å². The molecule has 0 aliphatic carbocycles. The van der Waals surface area contributed by atoms with Crippen molar-refractivity contribution in [2.75, 3.05) is 19.6 Å². The molecule has 0 N–H and O–H groups in total. The maximum absolute atomic E-state index is 10.7. The van der Waals surface area contributed by atoms with Gasteiger partial charge in [-0.05, 0) is 56.4 Å². The molecule has 128 valence electrons. The van der Waals surface area contributed by atoms with Gasteiger partial charge in [-0.1, -0.05) is 49.5 Å². The number of para-hydroxylation sites is 1. The molecule has 0 atom stereocenters. The summed E-state index contributed by atoms with van der Waals surface area (Å²) in [5.74, 6) is 0.560. The van der Waals surface area contributed by atoms with Gasteiger partial charge in [0, 0.05) is 11.6 Å². The van der Waals surface area contributed by atoms with Crippen LogP contribution in [0.3, 0.4) is 0 Å². The summed E-state index contributed by atoms with van der Waals surface area (Å²) in [6, 6.07) is 8.20. The molecule has 1 aliphatic heterocycles. The highest BCUT2D eigenvalue weighted by molar-refractivity contribution is 5.84. The molecule has 0 bridgehead atoms. The lowest BCUT2D eigenvalue weighted by atomic mass is 9.89. The molecule has 1 aromatic heterocycles. The highest BCUT2D eigenvalue weighted by atomic mass is 16.1. The predicted molar refractivity (Wildman–Crippen MR) is 98.0 cm³/mol. The molecule has 0 unspecified atom stereocenters. The second-order valence-electron chi connectivity index (χ2n) is 6.81. The van der Waals surface area contributed by atoms with Crippen LogP contribution < -0.4 is 0 Å². The zero-order chi connectivity index (χ0) is 16.8. The molecule has 3 rings (SSSR count). The summed E-state index contributed by atoms with van der Waals surface area (Å²) >= 11 is 0. The molecular formula is C20H27N3O. The summed E-state index contributed by atoms with van der Waals surface area (Å²) in [7, 11) is 0. The molecule has 0 saturated carbocycles. The third-order valence-corrected chi connectivity index (χ3v) is 5.23. The van der Waals surface area contributed by atoms with E-state index in [0.29, 0.717) is 5.92 Å². The van der Waals surface area contributed by atoms with Crippen molar-refractivity contribution in [1.82, 2.24) is 9.58 Å². The lowest BCUT2D eigenvalue weighted by Crippen LogP contribution is -2.33. The average Bonchev–Trinajstić information content (AvgIpc) is 2.99. The summed E-state index contributed by atoms with van der Waals surface area (Å²) in [5, 5.41) is 5.04. The minimum atomic E-state index is 0.560. The van der Waals surface area contributed by atoms with Crippen molar-refractivity contribution in [3.8, 4) is 0 Å². The van der Waals surface area contributed by atoms with Crippen LogP contribution in [0.4, 0.5) is 0 Å². The Morgan fingerprint density at radius 2 is 1.96 bits per heavy atom. The summed E-state index contributed by atoms with van der Waals surface area (Å²) in [5.41, 5.74) is 2.33. The number of piperidine rings is 1. The van der Waals surface area contributed by atoms with E-state index >= 15 is 0 Å². The lowest BCUT2D eigenvalue weighted by molar-refractivity contribution is 0.208. The van der Waals surface area contributed by atoms with E-state index in [1.54, 1.807) is 10.8 Å². The van der Waals surface area contributed by atoms with Crippen molar-refractivity contribution < 1.29 is 4.79 Å². The van der Waals surface area contributed by atoms with E-state index in [-0.39, 0.29) is 0 Å². The van der Waals surface area contributed by atoms with Crippen LogP contribution in [0.15, 0.2) is 35.6 Å². The van der Waals surface area contributed by atoms with Gasteiger partial charge in [-0.25, -0.2) is 9.47 Å². The number of carbonyl (C=O) groups excluding carboxylic acids is 1. The molecule has 2 aromatic rings. The summed E-state index contributed by atoms with van der Waals surface area (Å²) in [4.78, 5) is 13.3. The minimum Gasteiger partial charge on any atom is -0.303 e. The molecule has 4 nitrogen and oxygen atoms in total. The number of unbranched alkanes of at least 4 members (excludes halogenated alkanes) is 3. The quantitative estimate of drug-likeness (QED) is 0.427. The van der Waals surface area contributed by atoms with Gasteiger partial charge in [0.1, 0.15) is 0 Å². The molecule has 0 amide bonds. The SMILES string of the molecule is CCCCCCN1CCC(c2cn(N=C=O)c3ccccc23)CC1. The summed E-state index contributed by atoms with van der Waals surface area (Å²) < 4.78 is 1.68. The number of nitrogens with zero attached hydrogens (tertiary/aromatic N) is 3. The number of fused-ring (bicyclic) bond motifs is 1. The average molecular weight is 325 g/mol. The minimum absolute atomic E-state index is 0.560. The topological polar surface area (TPSA) is 37.6 Å². The van der Waals surface area contributed by atoms with E-state index in [1.807, 2.05) is 18.3 Å². The van der Waals surface area contributed by atoms with Crippen molar-refractivity contribution in [3.63, 3.8) is 0 Å². The van der Waals surface area contributed by atoms with E-state index in [4.69, 9.17) is 0 Å². The molecular weight excluding hydrogens is 298 g/mol. The van der Waals surface area contributed by atoms with Gasteiger partial charge >= 0.3 is 0 Å². The number of benzene rings is 1. The number of rotatable bonds is 7. The Morgan fingerprint density at radius 3 is 2.71 bits per heavy atom. The molecule has 1 aliphatic rings. The van der Waals surface area contributed by atoms with Crippen LogP contribution in [0, 0.1) is 0 Å². The van der Waals surface area contributed by atoms with Gasteiger partial charge in [-0.3, -0.25) is 0 Å². The Labute approximate surface area is 144 Å². The van der Waals surface area contributed by atoms with E-state index in [1.165, 1.54) is 69.1 Å². The molecule has 0 spiro atoms. The van der Waals surface area contributed by atoms with Gasteiger partial charge in [0.05, 0.1) is 5.52 Å². The van der Waals surface area contributed by atoms with Gasteiger partial charge < -0.3 is 4.90 Å². The van der Waals surface area contributed by atoms with Crippen LogP contribution >= 0.6 is 0 Å². The largest absolute Gasteiger partial charge is 0.303 e. The fraction of sp³-hybridized carbons (Fsp3) is 0.550. The molecule has 0 radical (unpaired) electrons. The molecule has 2 heterocycles. The van der Waals surface area contributed by atoms with Crippen molar-refractivity contribution in [2.45, 2.75) is 51.4 Å². The van der Waals surface area contributed by atoms with Crippen LogP contribution in [0.2, 0.25) is 0 Å². The number of hydrogen-bond acceptors (Lipinski definition) is 3. The predicted octanol–water partition coefficient (Wildman–Crippen LogP) is 4.50. The lowest BCUT2D eigenvalue weighted by Gasteiger charge is -2.31. The Hall–Kier alpha value is -1.90. The number of hydrogen-bond donors (Lipinski definition) is 0. The van der Waals surface area contributed by atoms with E-state index in [2.05, 4.69) is 29.1 Å². The van der Waals surface area contributed by atoms with Crippen LogP contribution in [0.1, 0.15) is 56.9 Å². The first kappa shape index (κ1) is 16.9. The van der Waals surface area contributed by atoms with E-state index in [0.717, 1.165) is 5.52 Å². The maximum Gasteiger partial charge on any atom is 0.258 e. The summed E-state index contributed by atoms with van der Waals surface area (Å²) in [6.45, 7) is 5.85. The zero-order valence-corrected chi connectivity index (χ0v) is 14.6. The van der Waals surface area contributed by atoms with Crippen molar-refractivity contribution in [2.24, 2.45) is 5.10 Å². The Morgan fingerprint density at radius 1 is 1.17 bits per heavy atom. The van der Waals surface area contributed by atoms with Crippen LogP contribution in [-0.4, -0.2) is 35.3 Å². The smallest absolute Gasteiger partial charge is 0.258 e. The second-order valence-corrected chi connectivity index (χ2v) is 6.81. The van der Waals surface area contributed by atoms with Crippen molar-refractivity contribution >= 4 is 17.0 Å². The van der Waals surface area contributed by atoms with Gasteiger partial charge in [-0.15, -0.1) is 0 Å². The Kier molecular flexibility index (Phi) is 5.84. The number of aromatic nitrogens is 1. The zero-order valence-electron chi connectivity index (χ0n) is 14.6. The van der Waals surface area contributed by atoms with Gasteiger partial charge in [0.15, 0.2) is 0 Å². The number of likely N-dealkylation sites (tertiary alicyclic amines) is 1. The Bertz CT molecular complexity index is 707. The molecule has 1 fully saturated rings. The van der Waals surface area contributed by atoms with Crippen LogP contribution in [0.5, 0.6) is 0 Å². The van der Waals surface area contributed by atoms with Gasteiger partial charge in [0.2, 0.25) is 0 Å². The first-order valence-corrected chi connectivity index (χ1v) is 9.24. The monoisotopic (exact) mass is 325 g/mol. The van der Waals surface area contributed by atoms with Crippen molar-refractivity contribution in [1.29, 1.82) is 0 Å². The van der Waals surface area contributed by atoms with Crippen molar-refractivity contribution in [3.05, 3.63) is 36.0 Å². The highest BCUT2D eigenvalue weighted by Crippen LogP contribution is 2.34. The fourth-order valence-corrected chi connectivity index (χ4v) is 3.87. The standard InChI is InChI=1S/C20H27N3O/c1-2-3-4-7-12-22-13-10-17(11-14-22)19-15-23(21-16-24)20-9-6-5-8-18(19)20/h5-6,8-9,15,17H,2-4,7,10-14H2,1H3. The molecule has 1 aromatic carbocycles. The van der Waals surface area contributed by atoms with Crippen LogP contribution in [-0.2, 0) is 4.79 Å². The van der Waals surface area contributed by atoms with E-state index in [9.17, 15) is 4.79 Å². The normalized spacial score (nSPS) is 16.4. The second kappa shape index (κ2) is 8.27. The van der Waals surface area contributed by atoms with Gasteiger partial charge in [-0.2, -0.15) is 0 Å². The Balaban J connectivity index is 1.66. The molecule has 1 saturated heterocycles. The summed E-state index contributed by atoms with van der Waals surface area (Å²) in [6.07, 6.45) is 11.4. The number of isocyanates is 1.